The van der Waals surface area contributed by atoms with E-state index in [1.165, 1.54) is 43.4 Å². The molecule has 3 heteroatoms. The summed E-state index contributed by atoms with van der Waals surface area (Å²) in [5.41, 5.74) is 2.39. The summed E-state index contributed by atoms with van der Waals surface area (Å²) in [5.74, 6) is 0.922. The van der Waals surface area contributed by atoms with E-state index in [0.717, 1.165) is 12.4 Å². The molecule has 1 aliphatic heterocycles. The molecule has 0 spiro atoms. The molecule has 0 amide bonds. The highest BCUT2D eigenvalue weighted by molar-refractivity contribution is 5.53. The van der Waals surface area contributed by atoms with Crippen LogP contribution in [0.15, 0.2) is 67.0 Å². The molecule has 0 radical (unpaired) electrons. The summed E-state index contributed by atoms with van der Waals surface area (Å²) in [6.07, 6.45) is 11.3. The maximum atomic E-state index is 5.97. The van der Waals surface area contributed by atoms with Crippen molar-refractivity contribution in [2.45, 2.75) is 44.8 Å². The molecule has 1 saturated carbocycles. The molecule has 0 aromatic heterocycles. The maximum Gasteiger partial charge on any atom is 0.121 e. The molecule has 130 valence electrons. The molecule has 0 saturated heterocycles. The van der Waals surface area contributed by atoms with Gasteiger partial charge in [0, 0.05) is 30.2 Å². The van der Waals surface area contributed by atoms with Crippen LogP contribution in [-0.4, -0.2) is 17.6 Å². The van der Waals surface area contributed by atoms with E-state index >= 15 is 0 Å². The Kier molecular flexibility index (Phi) is 4.91. The van der Waals surface area contributed by atoms with Gasteiger partial charge >= 0.3 is 0 Å². The van der Waals surface area contributed by atoms with Gasteiger partial charge in [0.2, 0.25) is 0 Å². The summed E-state index contributed by atoms with van der Waals surface area (Å²) >= 11 is 0. The van der Waals surface area contributed by atoms with Crippen molar-refractivity contribution in [2.75, 3.05) is 11.6 Å². The van der Waals surface area contributed by atoms with Gasteiger partial charge in [-0.15, -0.1) is 0 Å². The first kappa shape index (κ1) is 16.1. The Morgan fingerprint density at radius 1 is 0.880 bits per heavy atom. The lowest BCUT2D eigenvalue weighted by molar-refractivity contribution is 0.232. The van der Waals surface area contributed by atoms with Crippen molar-refractivity contribution < 1.29 is 4.74 Å². The molecule has 0 N–H and O–H groups in total. The fraction of sp³-hybridized carbons (Fsp3) is 0.364. The minimum Gasteiger partial charge on any atom is -0.489 e. The molecule has 0 bridgehead atoms. The van der Waals surface area contributed by atoms with Crippen LogP contribution in [0.25, 0.3) is 0 Å². The van der Waals surface area contributed by atoms with Crippen molar-refractivity contribution in [3.05, 3.63) is 72.6 Å². The number of benzene rings is 2. The second kappa shape index (κ2) is 7.64. The highest BCUT2D eigenvalue weighted by atomic mass is 16.5. The van der Waals surface area contributed by atoms with E-state index < -0.39 is 0 Å². The molecule has 4 rings (SSSR count). The van der Waals surface area contributed by atoms with Crippen molar-refractivity contribution in [1.82, 2.24) is 4.90 Å². The van der Waals surface area contributed by atoms with Crippen LogP contribution >= 0.6 is 0 Å². The summed E-state index contributed by atoms with van der Waals surface area (Å²) in [4.78, 5) is 4.81. The van der Waals surface area contributed by atoms with Crippen LogP contribution in [0.1, 0.15) is 37.7 Å². The summed E-state index contributed by atoms with van der Waals surface area (Å²) in [7, 11) is 0. The van der Waals surface area contributed by atoms with Gasteiger partial charge in [-0.2, -0.15) is 0 Å². The highest BCUT2D eigenvalue weighted by Gasteiger charge is 2.23. The largest absolute Gasteiger partial charge is 0.489 e. The van der Waals surface area contributed by atoms with Gasteiger partial charge in [0.05, 0.1) is 6.67 Å². The van der Waals surface area contributed by atoms with Gasteiger partial charge in [0.1, 0.15) is 12.4 Å². The third kappa shape index (κ3) is 3.98. The lowest BCUT2D eigenvalue weighted by Crippen LogP contribution is -2.35. The Bertz CT molecular complexity index is 707. The van der Waals surface area contributed by atoms with E-state index in [4.69, 9.17) is 4.74 Å². The molecular weight excluding hydrogens is 308 g/mol. The SMILES string of the molecule is C1=CN(C2CCCCC2)CN1c1cccc(OCc2ccccc2)c1. The molecule has 2 aromatic carbocycles. The zero-order chi connectivity index (χ0) is 16.9. The molecule has 3 nitrogen and oxygen atoms in total. The van der Waals surface area contributed by atoms with Gasteiger partial charge < -0.3 is 14.5 Å². The molecule has 2 aliphatic rings. The molecule has 1 heterocycles. The summed E-state index contributed by atoms with van der Waals surface area (Å²) in [6, 6.07) is 19.4. The van der Waals surface area contributed by atoms with E-state index in [2.05, 4.69) is 52.5 Å². The monoisotopic (exact) mass is 334 g/mol. The number of hydrogen-bond donors (Lipinski definition) is 0. The van der Waals surface area contributed by atoms with Crippen molar-refractivity contribution in [3.63, 3.8) is 0 Å². The molecule has 1 fully saturated rings. The Hall–Kier alpha value is -2.42. The average molecular weight is 334 g/mol. The van der Waals surface area contributed by atoms with E-state index in [1.807, 2.05) is 24.3 Å². The fourth-order valence-corrected chi connectivity index (χ4v) is 3.75. The number of nitrogens with zero attached hydrogens (tertiary/aromatic N) is 2. The van der Waals surface area contributed by atoms with Crippen LogP contribution in [0.4, 0.5) is 5.69 Å². The van der Waals surface area contributed by atoms with Gasteiger partial charge in [-0.1, -0.05) is 55.7 Å². The van der Waals surface area contributed by atoms with Crippen LogP contribution in [-0.2, 0) is 6.61 Å². The first-order chi connectivity index (χ1) is 12.4. The van der Waals surface area contributed by atoms with Crippen LogP contribution in [0.2, 0.25) is 0 Å². The normalized spacial score (nSPS) is 17.9. The quantitative estimate of drug-likeness (QED) is 0.752. The lowest BCUT2D eigenvalue weighted by Gasteiger charge is -2.32. The summed E-state index contributed by atoms with van der Waals surface area (Å²) < 4.78 is 5.97. The molecule has 0 atom stereocenters. The second-order valence-corrected chi connectivity index (χ2v) is 6.99. The molecule has 2 aromatic rings. The minimum atomic E-state index is 0.605. The first-order valence-electron chi connectivity index (χ1n) is 9.36. The fourth-order valence-electron chi connectivity index (χ4n) is 3.75. The predicted octanol–water partition coefficient (Wildman–Crippen LogP) is 5.15. The van der Waals surface area contributed by atoms with Crippen molar-refractivity contribution in [1.29, 1.82) is 0 Å². The standard InChI is InChI=1S/C22H26N2O/c1-3-8-19(9-4-1)17-25-22-13-7-12-21(16-22)24-15-14-23(18-24)20-10-5-2-6-11-20/h1,3-4,7-9,12-16,20H,2,5-6,10-11,17-18H2. The molecule has 0 unspecified atom stereocenters. The molecule has 25 heavy (non-hydrogen) atoms. The smallest absolute Gasteiger partial charge is 0.121 e. The Morgan fingerprint density at radius 2 is 1.72 bits per heavy atom. The Morgan fingerprint density at radius 3 is 2.56 bits per heavy atom. The number of hydrogen-bond acceptors (Lipinski definition) is 3. The van der Waals surface area contributed by atoms with E-state index in [-0.39, 0.29) is 0 Å². The lowest BCUT2D eigenvalue weighted by atomic mass is 9.95. The van der Waals surface area contributed by atoms with Crippen LogP contribution in [0, 0.1) is 0 Å². The van der Waals surface area contributed by atoms with Crippen LogP contribution < -0.4 is 9.64 Å². The minimum absolute atomic E-state index is 0.605. The molecular formula is C22H26N2O. The number of anilines is 1. The third-order valence-electron chi connectivity index (χ3n) is 5.20. The summed E-state index contributed by atoms with van der Waals surface area (Å²) in [5, 5.41) is 0. The van der Waals surface area contributed by atoms with Crippen molar-refractivity contribution in [3.8, 4) is 5.75 Å². The van der Waals surface area contributed by atoms with Gasteiger partial charge in [-0.25, -0.2) is 0 Å². The molecule has 1 aliphatic carbocycles. The van der Waals surface area contributed by atoms with Gasteiger partial charge in [0.15, 0.2) is 0 Å². The van der Waals surface area contributed by atoms with Gasteiger partial charge in [-0.05, 0) is 30.5 Å². The zero-order valence-corrected chi connectivity index (χ0v) is 14.7. The Balaban J connectivity index is 1.37. The maximum absolute atomic E-state index is 5.97. The van der Waals surface area contributed by atoms with Crippen LogP contribution in [0.5, 0.6) is 5.75 Å². The number of ether oxygens (including phenoxy) is 1. The Labute approximate surface area is 150 Å². The first-order valence-corrected chi connectivity index (χ1v) is 9.36. The summed E-state index contributed by atoms with van der Waals surface area (Å²) in [6.45, 7) is 1.56. The van der Waals surface area contributed by atoms with Crippen LogP contribution in [0.3, 0.4) is 0 Å². The van der Waals surface area contributed by atoms with Gasteiger partial charge in [0.25, 0.3) is 0 Å². The van der Waals surface area contributed by atoms with E-state index in [0.29, 0.717) is 12.6 Å². The predicted molar refractivity (Wildman–Crippen MR) is 102 cm³/mol. The topological polar surface area (TPSA) is 15.7 Å². The highest BCUT2D eigenvalue weighted by Crippen LogP contribution is 2.29. The average Bonchev–Trinajstić information content (AvgIpc) is 3.18. The van der Waals surface area contributed by atoms with E-state index in [9.17, 15) is 0 Å². The number of rotatable bonds is 5. The van der Waals surface area contributed by atoms with Crippen molar-refractivity contribution in [2.24, 2.45) is 0 Å². The second-order valence-electron chi connectivity index (χ2n) is 6.99. The van der Waals surface area contributed by atoms with E-state index in [1.54, 1.807) is 0 Å². The van der Waals surface area contributed by atoms with Gasteiger partial charge in [-0.3, -0.25) is 0 Å². The third-order valence-corrected chi connectivity index (χ3v) is 5.20. The van der Waals surface area contributed by atoms with Crippen molar-refractivity contribution >= 4 is 5.69 Å². The zero-order valence-electron chi connectivity index (χ0n) is 14.7.